The Labute approximate surface area is 123 Å². The smallest absolute Gasteiger partial charge is 0.133 e. The lowest BCUT2D eigenvalue weighted by Crippen LogP contribution is -2.47. The molecule has 19 heavy (non-hydrogen) atoms. The number of piperazine rings is 1. The molecule has 104 valence electrons. The largest absolute Gasteiger partial charge is 0.354 e. The van der Waals surface area contributed by atoms with Crippen LogP contribution in [0.1, 0.15) is 18.4 Å². The van der Waals surface area contributed by atoms with E-state index in [9.17, 15) is 0 Å². The molecule has 1 aromatic rings. The van der Waals surface area contributed by atoms with Crippen LogP contribution in [-0.4, -0.2) is 42.6 Å². The van der Waals surface area contributed by atoms with E-state index in [4.69, 9.17) is 5.73 Å². The van der Waals surface area contributed by atoms with Crippen LogP contribution in [0.2, 0.25) is 0 Å². The first-order valence-corrected chi connectivity index (χ1v) is 7.87. The molecule has 0 atom stereocenters. The van der Waals surface area contributed by atoms with Gasteiger partial charge in [0.2, 0.25) is 0 Å². The number of nitrogens with zero attached hydrogens (tertiary/aromatic N) is 3. The van der Waals surface area contributed by atoms with Crippen LogP contribution in [0, 0.1) is 5.92 Å². The third-order valence-corrected chi connectivity index (χ3v) is 4.45. The van der Waals surface area contributed by atoms with Crippen molar-refractivity contribution in [3.8, 4) is 0 Å². The number of hydrogen-bond donors (Lipinski definition) is 1. The number of rotatable bonds is 4. The van der Waals surface area contributed by atoms with E-state index in [1.54, 1.807) is 0 Å². The van der Waals surface area contributed by atoms with Crippen molar-refractivity contribution in [2.24, 2.45) is 11.7 Å². The maximum Gasteiger partial charge on any atom is 0.133 e. The van der Waals surface area contributed by atoms with Crippen LogP contribution >= 0.6 is 15.9 Å². The molecule has 2 fully saturated rings. The van der Waals surface area contributed by atoms with Gasteiger partial charge in [0, 0.05) is 55.5 Å². The van der Waals surface area contributed by atoms with E-state index in [0.29, 0.717) is 6.54 Å². The zero-order valence-electron chi connectivity index (χ0n) is 11.2. The lowest BCUT2D eigenvalue weighted by molar-refractivity contribution is 0.247. The second-order valence-electron chi connectivity index (χ2n) is 5.57. The highest BCUT2D eigenvalue weighted by Gasteiger charge is 2.27. The fraction of sp³-hybridized carbons (Fsp3) is 0.643. The summed E-state index contributed by atoms with van der Waals surface area (Å²) in [5.74, 6) is 2.05. The molecule has 1 aromatic heterocycles. The minimum absolute atomic E-state index is 0.546. The first-order valence-electron chi connectivity index (χ1n) is 7.08. The van der Waals surface area contributed by atoms with Crippen molar-refractivity contribution in [3.05, 3.63) is 22.3 Å². The lowest BCUT2D eigenvalue weighted by atomic mass is 10.2. The topological polar surface area (TPSA) is 45.4 Å². The standard InChI is InChI=1S/C14H21BrN4/c15-13-7-12(8-16)14(17-9-13)19-5-3-18(4-6-19)10-11-1-2-11/h7,9,11H,1-6,8,10,16H2. The Hall–Kier alpha value is -0.650. The molecule has 0 bridgehead atoms. The molecule has 3 rings (SSSR count). The van der Waals surface area contributed by atoms with Crippen LogP contribution in [0.5, 0.6) is 0 Å². The first kappa shape index (κ1) is 13.3. The molecular weight excluding hydrogens is 304 g/mol. The average molecular weight is 325 g/mol. The van der Waals surface area contributed by atoms with E-state index in [-0.39, 0.29) is 0 Å². The molecular formula is C14H21BrN4. The van der Waals surface area contributed by atoms with Gasteiger partial charge in [-0.3, -0.25) is 4.90 Å². The van der Waals surface area contributed by atoms with Crippen LogP contribution < -0.4 is 10.6 Å². The van der Waals surface area contributed by atoms with E-state index < -0.39 is 0 Å². The van der Waals surface area contributed by atoms with Gasteiger partial charge in [-0.15, -0.1) is 0 Å². The highest BCUT2D eigenvalue weighted by molar-refractivity contribution is 9.10. The molecule has 2 heterocycles. The quantitative estimate of drug-likeness (QED) is 0.917. The zero-order valence-corrected chi connectivity index (χ0v) is 12.8. The predicted molar refractivity (Wildman–Crippen MR) is 81.2 cm³/mol. The fourth-order valence-electron chi connectivity index (χ4n) is 2.72. The molecule has 5 heteroatoms. The summed E-state index contributed by atoms with van der Waals surface area (Å²) in [6, 6.07) is 2.08. The molecule has 2 N–H and O–H groups in total. The van der Waals surface area contributed by atoms with Gasteiger partial charge in [-0.2, -0.15) is 0 Å². The normalized spacial score (nSPS) is 20.8. The van der Waals surface area contributed by atoms with E-state index in [0.717, 1.165) is 48.0 Å². The van der Waals surface area contributed by atoms with Crippen LogP contribution in [0.15, 0.2) is 16.7 Å². The Morgan fingerprint density at radius 1 is 1.26 bits per heavy atom. The van der Waals surface area contributed by atoms with E-state index in [1.807, 2.05) is 6.20 Å². The number of hydrogen-bond acceptors (Lipinski definition) is 4. The summed E-state index contributed by atoms with van der Waals surface area (Å²) >= 11 is 3.46. The van der Waals surface area contributed by atoms with Crippen molar-refractivity contribution < 1.29 is 0 Å². The minimum atomic E-state index is 0.546. The molecule has 0 radical (unpaired) electrons. The van der Waals surface area contributed by atoms with Crippen molar-refractivity contribution in [1.29, 1.82) is 0 Å². The van der Waals surface area contributed by atoms with Gasteiger partial charge >= 0.3 is 0 Å². The van der Waals surface area contributed by atoms with Gasteiger partial charge in [0.15, 0.2) is 0 Å². The van der Waals surface area contributed by atoms with E-state index in [2.05, 4.69) is 36.8 Å². The van der Waals surface area contributed by atoms with Gasteiger partial charge in [0.1, 0.15) is 5.82 Å². The molecule has 0 spiro atoms. The van der Waals surface area contributed by atoms with Gasteiger partial charge in [-0.1, -0.05) is 0 Å². The zero-order chi connectivity index (χ0) is 13.2. The van der Waals surface area contributed by atoms with Gasteiger partial charge in [-0.05, 0) is 40.8 Å². The number of halogens is 1. The summed E-state index contributed by atoms with van der Waals surface area (Å²) in [6.07, 6.45) is 4.74. The highest BCUT2D eigenvalue weighted by atomic mass is 79.9. The molecule has 0 amide bonds. The highest BCUT2D eigenvalue weighted by Crippen LogP contribution is 2.30. The molecule has 4 nitrogen and oxygen atoms in total. The van der Waals surface area contributed by atoms with Crippen molar-refractivity contribution >= 4 is 21.7 Å². The summed E-state index contributed by atoms with van der Waals surface area (Å²) in [5, 5.41) is 0. The molecule has 1 saturated carbocycles. The minimum Gasteiger partial charge on any atom is -0.354 e. The third kappa shape index (κ3) is 3.27. The van der Waals surface area contributed by atoms with Gasteiger partial charge in [-0.25, -0.2) is 4.98 Å². The molecule has 2 aliphatic rings. The van der Waals surface area contributed by atoms with Crippen LogP contribution in [0.4, 0.5) is 5.82 Å². The van der Waals surface area contributed by atoms with E-state index in [1.165, 1.54) is 19.4 Å². The first-order chi connectivity index (χ1) is 9.26. The average Bonchev–Trinajstić information content (AvgIpc) is 3.24. The monoisotopic (exact) mass is 324 g/mol. The Morgan fingerprint density at radius 3 is 2.63 bits per heavy atom. The summed E-state index contributed by atoms with van der Waals surface area (Å²) in [6.45, 7) is 6.27. The lowest BCUT2D eigenvalue weighted by Gasteiger charge is -2.36. The summed E-state index contributed by atoms with van der Waals surface area (Å²) in [4.78, 5) is 9.52. The molecule has 0 aromatic carbocycles. The van der Waals surface area contributed by atoms with Crippen molar-refractivity contribution in [2.45, 2.75) is 19.4 Å². The third-order valence-electron chi connectivity index (χ3n) is 4.01. The second-order valence-corrected chi connectivity index (χ2v) is 6.49. The summed E-state index contributed by atoms with van der Waals surface area (Å²) in [7, 11) is 0. The number of aromatic nitrogens is 1. The Kier molecular flexibility index (Phi) is 4.05. The van der Waals surface area contributed by atoms with Gasteiger partial charge in [0.05, 0.1) is 0 Å². The second kappa shape index (κ2) is 5.77. The predicted octanol–water partition coefficient (Wildman–Crippen LogP) is 1.83. The van der Waals surface area contributed by atoms with Crippen LogP contribution in [0.3, 0.4) is 0 Å². The van der Waals surface area contributed by atoms with Gasteiger partial charge in [0.25, 0.3) is 0 Å². The Balaban J connectivity index is 1.63. The van der Waals surface area contributed by atoms with Crippen LogP contribution in [-0.2, 0) is 6.54 Å². The van der Waals surface area contributed by atoms with Crippen molar-refractivity contribution in [1.82, 2.24) is 9.88 Å². The molecule has 0 unspecified atom stereocenters. The SMILES string of the molecule is NCc1cc(Br)cnc1N1CCN(CC2CC2)CC1. The number of anilines is 1. The maximum atomic E-state index is 5.83. The number of nitrogens with two attached hydrogens (primary N) is 1. The fourth-order valence-corrected chi connectivity index (χ4v) is 3.10. The maximum absolute atomic E-state index is 5.83. The molecule has 1 aliphatic carbocycles. The van der Waals surface area contributed by atoms with Crippen molar-refractivity contribution in [3.63, 3.8) is 0 Å². The summed E-state index contributed by atoms with van der Waals surface area (Å²) < 4.78 is 1.00. The molecule has 1 aliphatic heterocycles. The molecule has 1 saturated heterocycles. The van der Waals surface area contributed by atoms with Crippen LogP contribution in [0.25, 0.3) is 0 Å². The Bertz CT molecular complexity index is 439. The Morgan fingerprint density at radius 2 is 2.00 bits per heavy atom. The van der Waals surface area contributed by atoms with E-state index >= 15 is 0 Å². The van der Waals surface area contributed by atoms with Gasteiger partial charge < -0.3 is 10.6 Å². The summed E-state index contributed by atoms with van der Waals surface area (Å²) in [5.41, 5.74) is 6.96. The number of pyridine rings is 1. The van der Waals surface area contributed by atoms with Crippen molar-refractivity contribution in [2.75, 3.05) is 37.6 Å².